The summed E-state index contributed by atoms with van der Waals surface area (Å²) in [5.41, 5.74) is 1.39. The fourth-order valence-electron chi connectivity index (χ4n) is 4.54. The monoisotopic (exact) mass is 398 g/mol. The average Bonchev–Trinajstić information content (AvgIpc) is 2.99. The van der Waals surface area contributed by atoms with Crippen LogP contribution in [0.15, 0.2) is 30.0 Å². The van der Waals surface area contributed by atoms with Crippen molar-refractivity contribution in [3.63, 3.8) is 0 Å². The SMILES string of the molecule is CN1CCN(C2=C(c3ccc([N+](=O)[O-])cc3)C(=O)N(C3CCCCC3)C2=O)CC1. The number of carbonyl (C=O) groups is 2. The number of carbonyl (C=O) groups excluding carboxylic acids is 2. The third-order valence-corrected chi connectivity index (χ3v) is 6.22. The Labute approximate surface area is 169 Å². The Morgan fingerprint density at radius 1 is 0.931 bits per heavy atom. The van der Waals surface area contributed by atoms with Gasteiger partial charge in [0, 0.05) is 44.4 Å². The van der Waals surface area contributed by atoms with Gasteiger partial charge in [-0.2, -0.15) is 0 Å². The molecule has 1 aromatic carbocycles. The summed E-state index contributed by atoms with van der Waals surface area (Å²) in [6.07, 6.45) is 4.89. The lowest BCUT2D eigenvalue weighted by Gasteiger charge is -2.35. The van der Waals surface area contributed by atoms with E-state index in [-0.39, 0.29) is 23.5 Å². The van der Waals surface area contributed by atoms with Crippen molar-refractivity contribution < 1.29 is 14.5 Å². The first-order chi connectivity index (χ1) is 14.0. The lowest BCUT2D eigenvalue weighted by Crippen LogP contribution is -2.47. The van der Waals surface area contributed by atoms with Crippen LogP contribution in [0, 0.1) is 10.1 Å². The van der Waals surface area contributed by atoms with Gasteiger partial charge in [-0.05, 0) is 37.6 Å². The van der Waals surface area contributed by atoms with Gasteiger partial charge in [-0.3, -0.25) is 24.6 Å². The summed E-state index contributed by atoms with van der Waals surface area (Å²) in [5.74, 6) is -0.468. The topological polar surface area (TPSA) is 87.0 Å². The highest BCUT2D eigenvalue weighted by molar-refractivity contribution is 6.35. The Hall–Kier alpha value is -2.74. The number of amides is 2. The van der Waals surface area contributed by atoms with Crippen LogP contribution in [-0.2, 0) is 9.59 Å². The van der Waals surface area contributed by atoms with E-state index in [9.17, 15) is 19.7 Å². The van der Waals surface area contributed by atoms with E-state index in [0.717, 1.165) is 45.2 Å². The summed E-state index contributed by atoms with van der Waals surface area (Å²) >= 11 is 0. The average molecular weight is 398 g/mol. The number of benzene rings is 1. The molecule has 8 nitrogen and oxygen atoms in total. The van der Waals surface area contributed by atoms with Crippen molar-refractivity contribution in [1.29, 1.82) is 0 Å². The molecule has 1 saturated carbocycles. The molecule has 2 heterocycles. The molecule has 0 bridgehead atoms. The second-order valence-corrected chi connectivity index (χ2v) is 8.09. The van der Waals surface area contributed by atoms with Crippen LogP contribution in [0.2, 0.25) is 0 Å². The molecule has 154 valence electrons. The number of likely N-dealkylation sites (N-methyl/N-ethyl adjacent to an activating group) is 1. The molecule has 2 aliphatic heterocycles. The Kier molecular flexibility index (Phi) is 5.36. The molecule has 29 heavy (non-hydrogen) atoms. The van der Waals surface area contributed by atoms with Crippen LogP contribution >= 0.6 is 0 Å². The lowest BCUT2D eigenvalue weighted by molar-refractivity contribution is -0.384. The van der Waals surface area contributed by atoms with Crippen molar-refractivity contribution in [3.8, 4) is 0 Å². The highest BCUT2D eigenvalue weighted by Gasteiger charge is 2.45. The fourth-order valence-corrected chi connectivity index (χ4v) is 4.54. The number of imide groups is 1. The number of nitrogens with zero attached hydrogens (tertiary/aromatic N) is 4. The zero-order valence-corrected chi connectivity index (χ0v) is 16.7. The Bertz CT molecular complexity index is 850. The number of rotatable bonds is 4. The number of hydrogen-bond acceptors (Lipinski definition) is 6. The maximum absolute atomic E-state index is 13.4. The zero-order valence-electron chi connectivity index (χ0n) is 16.7. The first kappa shape index (κ1) is 19.6. The van der Waals surface area contributed by atoms with Gasteiger partial charge in [0.05, 0.1) is 10.5 Å². The summed E-state index contributed by atoms with van der Waals surface area (Å²) < 4.78 is 0. The van der Waals surface area contributed by atoms with E-state index in [2.05, 4.69) is 4.90 Å². The summed E-state index contributed by atoms with van der Waals surface area (Å²) in [6.45, 7) is 3.00. The molecule has 0 radical (unpaired) electrons. The van der Waals surface area contributed by atoms with E-state index in [1.807, 2.05) is 11.9 Å². The van der Waals surface area contributed by atoms with Crippen LogP contribution in [-0.4, -0.2) is 70.7 Å². The molecule has 2 amide bonds. The number of nitro groups is 1. The van der Waals surface area contributed by atoms with Gasteiger partial charge in [0.25, 0.3) is 17.5 Å². The second-order valence-electron chi connectivity index (χ2n) is 8.09. The Balaban J connectivity index is 1.73. The molecule has 1 saturated heterocycles. The Morgan fingerprint density at radius 3 is 2.14 bits per heavy atom. The van der Waals surface area contributed by atoms with Gasteiger partial charge < -0.3 is 9.80 Å². The molecule has 4 rings (SSSR count). The smallest absolute Gasteiger partial charge is 0.278 e. The quantitative estimate of drug-likeness (QED) is 0.439. The van der Waals surface area contributed by atoms with E-state index >= 15 is 0 Å². The standard InChI is InChI=1S/C21H26N4O4/c1-22-11-13-23(14-12-22)19-18(15-7-9-17(10-8-15)25(28)29)20(26)24(21(19)27)16-5-3-2-4-6-16/h7-10,16H,2-6,11-14H2,1H3. The maximum Gasteiger partial charge on any atom is 0.278 e. The largest absolute Gasteiger partial charge is 0.364 e. The zero-order chi connectivity index (χ0) is 20.5. The predicted octanol–water partition coefficient (Wildman–Crippen LogP) is 2.25. The van der Waals surface area contributed by atoms with E-state index in [1.165, 1.54) is 17.0 Å². The van der Waals surface area contributed by atoms with Gasteiger partial charge in [0.15, 0.2) is 0 Å². The molecule has 8 heteroatoms. The van der Waals surface area contributed by atoms with Crippen molar-refractivity contribution in [1.82, 2.24) is 14.7 Å². The Morgan fingerprint density at radius 2 is 1.55 bits per heavy atom. The third kappa shape index (κ3) is 3.64. The van der Waals surface area contributed by atoms with Gasteiger partial charge in [0.1, 0.15) is 5.70 Å². The van der Waals surface area contributed by atoms with Crippen LogP contribution in [0.5, 0.6) is 0 Å². The van der Waals surface area contributed by atoms with Crippen LogP contribution in [0.3, 0.4) is 0 Å². The molecule has 0 spiro atoms. The molecule has 1 aliphatic carbocycles. The van der Waals surface area contributed by atoms with Crippen molar-refractivity contribution in [3.05, 3.63) is 45.6 Å². The fraction of sp³-hybridized carbons (Fsp3) is 0.524. The van der Waals surface area contributed by atoms with Crippen LogP contribution in [0.1, 0.15) is 37.7 Å². The van der Waals surface area contributed by atoms with Crippen LogP contribution in [0.25, 0.3) is 5.57 Å². The van der Waals surface area contributed by atoms with Crippen LogP contribution in [0.4, 0.5) is 5.69 Å². The molecular formula is C21H26N4O4. The van der Waals surface area contributed by atoms with Crippen molar-refractivity contribution >= 4 is 23.1 Å². The molecule has 3 aliphatic rings. The van der Waals surface area contributed by atoms with Gasteiger partial charge >= 0.3 is 0 Å². The van der Waals surface area contributed by atoms with E-state index < -0.39 is 4.92 Å². The van der Waals surface area contributed by atoms with Crippen molar-refractivity contribution in [2.24, 2.45) is 0 Å². The van der Waals surface area contributed by atoms with Crippen molar-refractivity contribution in [2.45, 2.75) is 38.1 Å². The van der Waals surface area contributed by atoms with E-state index in [1.54, 1.807) is 12.1 Å². The number of non-ortho nitro benzene ring substituents is 1. The molecule has 2 fully saturated rings. The highest BCUT2D eigenvalue weighted by Crippen LogP contribution is 2.36. The highest BCUT2D eigenvalue weighted by atomic mass is 16.6. The first-order valence-electron chi connectivity index (χ1n) is 10.3. The molecule has 0 unspecified atom stereocenters. The van der Waals surface area contributed by atoms with Crippen LogP contribution < -0.4 is 0 Å². The summed E-state index contributed by atoms with van der Waals surface area (Å²) in [4.78, 5) is 43.1. The predicted molar refractivity (Wildman–Crippen MR) is 108 cm³/mol. The van der Waals surface area contributed by atoms with E-state index in [0.29, 0.717) is 29.9 Å². The van der Waals surface area contributed by atoms with Gasteiger partial charge in [0.2, 0.25) is 0 Å². The summed E-state index contributed by atoms with van der Waals surface area (Å²) in [6, 6.07) is 5.90. The number of nitro benzene ring substituents is 1. The molecular weight excluding hydrogens is 372 g/mol. The summed E-state index contributed by atoms with van der Waals surface area (Å²) in [5, 5.41) is 11.0. The van der Waals surface area contributed by atoms with Gasteiger partial charge in [-0.25, -0.2) is 0 Å². The molecule has 1 aromatic rings. The van der Waals surface area contributed by atoms with Gasteiger partial charge in [-0.1, -0.05) is 19.3 Å². The number of hydrogen-bond donors (Lipinski definition) is 0. The normalized spacial score (nSPS) is 22.0. The summed E-state index contributed by atoms with van der Waals surface area (Å²) in [7, 11) is 2.04. The van der Waals surface area contributed by atoms with Gasteiger partial charge in [-0.15, -0.1) is 0 Å². The molecule has 0 aromatic heterocycles. The third-order valence-electron chi connectivity index (χ3n) is 6.22. The lowest BCUT2D eigenvalue weighted by atomic mass is 9.94. The first-order valence-corrected chi connectivity index (χ1v) is 10.3. The second kappa shape index (κ2) is 7.94. The minimum Gasteiger partial charge on any atom is -0.364 e. The molecule has 0 N–H and O–H groups in total. The minimum absolute atomic E-state index is 0.0311. The number of piperazine rings is 1. The maximum atomic E-state index is 13.4. The van der Waals surface area contributed by atoms with E-state index in [4.69, 9.17) is 0 Å². The molecule has 0 atom stereocenters. The minimum atomic E-state index is -0.463. The van der Waals surface area contributed by atoms with Crippen molar-refractivity contribution in [2.75, 3.05) is 33.2 Å².